The number of benzene rings is 1. The summed E-state index contributed by atoms with van der Waals surface area (Å²) in [5.41, 5.74) is 7.07. The summed E-state index contributed by atoms with van der Waals surface area (Å²) >= 11 is 11.8. The van der Waals surface area contributed by atoms with E-state index >= 15 is 0 Å². The number of aromatic nitrogens is 1. The fourth-order valence-corrected chi connectivity index (χ4v) is 2.11. The molecular weight excluding hydrogens is 299 g/mol. The van der Waals surface area contributed by atoms with E-state index in [2.05, 4.69) is 4.98 Å². The quantitative estimate of drug-likeness (QED) is 0.910. The van der Waals surface area contributed by atoms with Crippen LogP contribution in [0.5, 0.6) is 5.75 Å². The van der Waals surface area contributed by atoms with Gasteiger partial charge in [0.15, 0.2) is 0 Å². The molecule has 4 nitrogen and oxygen atoms in total. The largest absolute Gasteiger partial charge is 0.507 e. The van der Waals surface area contributed by atoms with Crippen molar-refractivity contribution in [1.29, 1.82) is 0 Å². The van der Waals surface area contributed by atoms with E-state index in [1.165, 1.54) is 6.07 Å². The van der Waals surface area contributed by atoms with Crippen LogP contribution in [0.1, 0.15) is 12.0 Å². The van der Waals surface area contributed by atoms with Crippen molar-refractivity contribution in [3.63, 3.8) is 0 Å². The van der Waals surface area contributed by atoms with Crippen LogP contribution in [0.2, 0.25) is 10.0 Å². The van der Waals surface area contributed by atoms with Gasteiger partial charge in [0, 0.05) is 24.2 Å². The van der Waals surface area contributed by atoms with E-state index in [0.717, 1.165) is 5.56 Å². The molecule has 0 aliphatic carbocycles. The zero-order valence-corrected chi connectivity index (χ0v) is 11.9. The smallest absolute Gasteiger partial charge is 0.217 e. The van der Waals surface area contributed by atoms with Crippen LogP contribution >= 0.6 is 23.2 Å². The van der Waals surface area contributed by atoms with Crippen LogP contribution in [0.3, 0.4) is 0 Å². The average Bonchev–Trinajstić information content (AvgIpc) is 2.41. The molecule has 0 aliphatic heterocycles. The minimum Gasteiger partial charge on any atom is -0.507 e. The summed E-state index contributed by atoms with van der Waals surface area (Å²) in [7, 11) is 0. The Labute approximate surface area is 126 Å². The van der Waals surface area contributed by atoms with Crippen LogP contribution in [0.25, 0.3) is 11.3 Å². The highest BCUT2D eigenvalue weighted by Crippen LogP contribution is 2.35. The molecule has 20 heavy (non-hydrogen) atoms. The van der Waals surface area contributed by atoms with Gasteiger partial charge in [0.1, 0.15) is 5.75 Å². The van der Waals surface area contributed by atoms with Gasteiger partial charge in [-0.05, 0) is 30.2 Å². The molecule has 104 valence electrons. The SMILES string of the molecule is NC(=O)CCc1ccnc(-c2cc(Cl)c(Cl)cc2O)c1. The normalized spacial score (nSPS) is 10.5. The summed E-state index contributed by atoms with van der Waals surface area (Å²) in [6.07, 6.45) is 2.39. The summed E-state index contributed by atoms with van der Waals surface area (Å²) in [5, 5.41) is 10.5. The van der Waals surface area contributed by atoms with E-state index in [-0.39, 0.29) is 23.1 Å². The molecule has 2 aromatic rings. The lowest BCUT2D eigenvalue weighted by Gasteiger charge is -2.08. The van der Waals surface area contributed by atoms with Gasteiger partial charge in [-0.3, -0.25) is 9.78 Å². The summed E-state index contributed by atoms with van der Waals surface area (Å²) in [6.45, 7) is 0. The number of aryl methyl sites for hydroxylation is 1. The summed E-state index contributed by atoms with van der Waals surface area (Å²) in [6, 6.07) is 6.50. The van der Waals surface area contributed by atoms with E-state index < -0.39 is 0 Å². The van der Waals surface area contributed by atoms with Gasteiger partial charge in [-0.15, -0.1) is 0 Å². The van der Waals surface area contributed by atoms with Crippen LogP contribution in [-0.4, -0.2) is 16.0 Å². The molecule has 3 N–H and O–H groups in total. The van der Waals surface area contributed by atoms with Crippen molar-refractivity contribution in [3.8, 4) is 17.0 Å². The molecule has 0 saturated heterocycles. The topological polar surface area (TPSA) is 76.2 Å². The maximum Gasteiger partial charge on any atom is 0.217 e. The zero-order chi connectivity index (χ0) is 14.7. The molecule has 6 heteroatoms. The second kappa shape index (κ2) is 6.11. The number of carbonyl (C=O) groups excluding carboxylic acids is 1. The highest BCUT2D eigenvalue weighted by Gasteiger charge is 2.10. The number of amides is 1. The van der Waals surface area contributed by atoms with E-state index in [9.17, 15) is 9.90 Å². The van der Waals surface area contributed by atoms with Gasteiger partial charge in [-0.25, -0.2) is 0 Å². The molecule has 0 atom stereocenters. The van der Waals surface area contributed by atoms with E-state index in [4.69, 9.17) is 28.9 Å². The van der Waals surface area contributed by atoms with E-state index in [0.29, 0.717) is 22.7 Å². The Bertz CT molecular complexity index is 660. The third-order valence-corrected chi connectivity index (χ3v) is 3.52. The Balaban J connectivity index is 2.36. The molecule has 0 fully saturated rings. The fraction of sp³-hybridized carbons (Fsp3) is 0.143. The van der Waals surface area contributed by atoms with Crippen LogP contribution in [0.4, 0.5) is 0 Å². The highest BCUT2D eigenvalue weighted by molar-refractivity contribution is 6.42. The number of phenolic OH excluding ortho intramolecular Hbond substituents is 1. The molecule has 2 rings (SSSR count). The lowest BCUT2D eigenvalue weighted by Crippen LogP contribution is -2.11. The zero-order valence-electron chi connectivity index (χ0n) is 10.4. The Morgan fingerprint density at radius 3 is 2.65 bits per heavy atom. The molecule has 1 amide bonds. The van der Waals surface area contributed by atoms with Gasteiger partial charge >= 0.3 is 0 Å². The first-order valence-corrected chi connectivity index (χ1v) is 6.64. The number of phenols is 1. The van der Waals surface area contributed by atoms with Gasteiger partial charge in [0.05, 0.1) is 15.7 Å². The standard InChI is InChI=1S/C14H12Cl2N2O2/c15-10-6-9(13(19)7-11(10)16)12-5-8(3-4-18-12)1-2-14(17)20/h3-7,19H,1-2H2,(H2,17,20). The van der Waals surface area contributed by atoms with Gasteiger partial charge in [0.2, 0.25) is 5.91 Å². The lowest BCUT2D eigenvalue weighted by molar-refractivity contribution is -0.117. The second-order valence-corrected chi connectivity index (χ2v) is 5.11. The van der Waals surface area contributed by atoms with Crippen molar-refractivity contribution in [3.05, 3.63) is 46.1 Å². The fourth-order valence-electron chi connectivity index (χ4n) is 1.79. The first-order valence-electron chi connectivity index (χ1n) is 5.89. The first-order chi connectivity index (χ1) is 9.47. The van der Waals surface area contributed by atoms with Crippen molar-refractivity contribution in [2.45, 2.75) is 12.8 Å². The number of rotatable bonds is 4. The second-order valence-electron chi connectivity index (χ2n) is 4.30. The maximum atomic E-state index is 10.8. The van der Waals surface area contributed by atoms with Crippen molar-refractivity contribution in [2.24, 2.45) is 5.73 Å². The molecule has 0 aliphatic rings. The van der Waals surface area contributed by atoms with E-state index in [1.807, 2.05) is 0 Å². The first kappa shape index (κ1) is 14.6. The van der Waals surface area contributed by atoms with Crippen LogP contribution in [0.15, 0.2) is 30.5 Å². The van der Waals surface area contributed by atoms with Crippen molar-refractivity contribution in [2.75, 3.05) is 0 Å². The molecule has 0 bridgehead atoms. The van der Waals surface area contributed by atoms with Crippen LogP contribution in [-0.2, 0) is 11.2 Å². The molecule has 1 heterocycles. The molecule has 0 spiro atoms. The molecule has 1 aromatic carbocycles. The highest BCUT2D eigenvalue weighted by atomic mass is 35.5. The minimum atomic E-state index is -0.360. The predicted octanol–water partition coefficient (Wildman–Crippen LogP) is 3.18. The average molecular weight is 311 g/mol. The number of primary amides is 1. The van der Waals surface area contributed by atoms with Gasteiger partial charge in [-0.2, -0.15) is 0 Å². The summed E-state index contributed by atoms with van der Waals surface area (Å²) < 4.78 is 0. The number of pyridine rings is 1. The Morgan fingerprint density at radius 2 is 1.95 bits per heavy atom. The van der Waals surface area contributed by atoms with Gasteiger partial charge in [-0.1, -0.05) is 23.2 Å². The molecular formula is C14H12Cl2N2O2. The number of hydrogen-bond acceptors (Lipinski definition) is 3. The lowest BCUT2D eigenvalue weighted by atomic mass is 10.1. The number of nitrogens with two attached hydrogens (primary N) is 1. The Kier molecular flexibility index (Phi) is 4.47. The van der Waals surface area contributed by atoms with Gasteiger partial charge < -0.3 is 10.8 Å². The van der Waals surface area contributed by atoms with Crippen molar-refractivity contribution in [1.82, 2.24) is 4.98 Å². The molecule has 1 aromatic heterocycles. The van der Waals surface area contributed by atoms with E-state index in [1.54, 1.807) is 24.4 Å². The minimum absolute atomic E-state index is 0.000971. The predicted molar refractivity (Wildman–Crippen MR) is 78.9 cm³/mol. The van der Waals surface area contributed by atoms with Crippen molar-refractivity contribution >= 4 is 29.1 Å². The Hall–Kier alpha value is -1.78. The molecule has 0 saturated carbocycles. The Morgan fingerprint density at radius 1 is 1.25 bits per heavy atom. The molecule has 0 radical (unpaired) electrons. The van der Waals surface area contributed by atoms with Crippen LogP contribution < -0.4 is 5.73 Å². The number of hydrogen-bond donors (Lipinski definition) is 2. The number of halogens is 2. The maximum absolute atomic E-state index is 10.8. The number of aromatic hydroxyl groups is 1. The third kappa shape index (κ3) is 3.40. The summed E-state index contributed by atoms with van der Waals surface area (Å²) in [5.74, 6) is -0.361. The van der Waals surface area contributed by atoms with Gasteiger partial charge in [0.25, 0.3) is 0 Å². The van der Waals surface area contributed by atoms with Crippen molar-refractivity contribution < 1.29 is 9.90 Å². The number of carbonyl (C=O) groups is 1. The van der Waals surface area contributed by atoms with Crippen LogP contribution in [0, 0.1) is 0 Å². The monoisotopic (exact) mass is 310 g/mol. The summed E-state index contributed by atoms with van der Waals surface area (Å²) in [4.78, 5) is 15.0. The number of nitrogens with zero attached hydrogens (tertiary/aromatic N) is 1. The third-order valence-electron chi connectivity index (χ3n) is 2.80. The molecule has 0 unspecified atom stereocenters.